The quantitative estimate of drug-likeness (QED) is 0.686. The van der Waals surface area contributed by atoms with Gasteiger partial charge in [-0.2, -0.15) is 5.10 Å². The molecule has 104 valence electrons. The van der Waals surface area contributed by atoms with E-state index in [1.807, 2.05) is 0 Å². The Hall–Kier alpha value is -2.37. The lowest BCUT2D eigenvalue weighted by Gasteiger charge is -2.06. The third-order valence-electron chi connectivity index (χ3n) is 3.53. The fourth-order valence-electron chi connectivity index (χ4n) is 2.66. The third-order valence-corrected chi connectivity index (χ3v) is 3.53. The number of aromatic nitrogens is 2. The molecule has 0 aliphatic carbocycles. The summed E-state index contributed by atoms with van der Waals surface area (Å²) in [7, 11) is 0. The molecule has 20 heavy (non-hydrogen) atoms. The summed E-state index contributed by atoms with van der Waals surface area (Å²) in [6.07, 6.45) is 2.85. The molecule has 6 nitrogen and oxygen atoms in total. The van der Waals surface area contributed by atoms with Crippen LogP contribution in [0.15, 0.2) is 24.3 Å². The van der Waals surface area contributed by atoms with Gasteiger partial charge in [-0.1, -0.05) is 25.5 Å². The maximum atomic E-state index is 11.2. The van der Waals surface area contributed by atoms with Crippen LogP contribution in [-0.4, -0.2) is 21.2 Å². The first kappa shape index (κ1) is 12.7. The summed E-state index contributed by atoms with van der Waals surface area (Å²) in [6.45, 7) is 2.98. The van der Waals surface area contributed by atoms with Crippen LogP contribution in [-0.2, 0) is 12.8 Å². The molecule has 3 rings (SSSR count). The van der Waals surface area contributed by atoms with Crippen molar-refractivity contribution in [2.75, 3.05) is 11.9 Å². The Labute approximate surface area is 116 Å². The number of aryl methyl sites for hydroxylation is 1. The number of benzene rings is 1. The number of nitrogens with one attached hydrogen (secondary N) is 1. The molecule has 0 bridgehead atoms. The number of anilines is 1. The number of nitro groups is 1. The van der Waals surface area contributed by atoms with E-state index < -0.39 is 0 Å². The zero-order valence-corrected chi connectivity index (χ0v) is 11.3. The molecular weight excluding hydrogens is 256 g/mol. The molecule has 0 unspecified atom stereocenters. The van der Waals surface area contributed by atoms with Gasteiger partial charge >= 0.3 is 0 Å². The van der Waals surface area contributed by atoms with Crippen LogP contribution in [0.2, 0.25) is 0 Å². The Morgan fingerprint density at radius 1 is 1.45 bits per heavy atom. The summed E-state index contributed by atoms with van der Waals surface area (Å²) in [4.78, 5) is 10.8. The molecule has 1 aromatic carbocycles. The van der Waals surface area contributed by atoms with Gasteiger partial charge in [-0.25, -0.2) is 4.68 Å². The molecule has 0 atom stereocenters. The van der Waals surface area contributed by atoms with Crippen molar-refractivity contribution in [3.05, 3.63) is 45.6 Å². The highest BCUT2D eigenvalue weighted by molar-refractivity contribution is 5.61. The topological polar surface area (TPSA) is 73.0 Å². The number of para-hydroxylation sites is 2. The highest BCUT2D eigenvalue weighted by Crippen LogP contribution is 2.32. The molecule has 0 saturated carbocycles. The van der Waals surface area contributed by atoms with Gasteiger partial charge in [0.1, 0.15) is 11.5 Å². The molecule has 2 aromatic rings. The van der Waals surface area contributed by atoms with Crippen LogP contribution in [0.5, 0.6) is 0 Å². The van der Waals surface area contributed by atoms with Crippen molar-refractivity contribution in [2.24, 2.45) is 0 Å². The van der Waals surface area contributed by atoms with Crippen LogP contribution in [0.4, 0.5) is 11.5 Å². The average Bonchev–Trinajstić information content (AvgIpc) is 3.03. The second kappa shape index (κ2) is 4.96. The van der Waals surface area contributed by atoms with Crippen LogP contribution in [0, 0.1) is 10.1 Å². The molecular formula is C14H16N4O2. The van der Waals surface area contributed by atoms with Crippen molar-refractivity contribution in [3.63, 3.8) is 0 Å². The van der Waals surface area contributed by atoms with Gasteiger partial charge in [0.15, 0.2) is 0 Å². The zero-order chi connectivity index (χ0) is 14.1. The minimum absolute atomic E-state index is 0.0783. The Morgan fingerprint density at radius 3 is 3.00 bits per heavy atom. The summed E-state index contributed by atoms with van der Waals surface area (Å²) < 4.78 is 1.69. The van der Waals surface area contributed by atoms with E-state index in [1.165, 1.54) is 11.6 Å². The molecule has 0 saturated heterocycles. The molecule has 1 aliphatic rings. The van der Waals surface area contributed by atoms with E-state index in [0.29, 0.717) is 5.69 Å². The molecule has 1 aromatic heterocycles. The maximum absolute atomic E-state index is 11.2. The lowest BCUT2D eigenvalue weighted by Crippen LogP contribution is -2.07. The Morgan fingerprint density at radius 2 is 2.25 bits per heavy atom. The summed E-state index contributed by atoms with van der Waals surface area (Å²) >= 11 is 0. The number of hydrogen-bond acceptors (Lipinski definition) is 4. The van der Waals surface area contributed by atoms with Crippen molar-refractivity contribution in [1.82, 2.24) is 9.78 Å². The van der Waals surface area contributed by atoms with E-state index in [1.54, 1.807) is 22.9 Å². The first-order chi connectivity index (χ1) is 9.72. The number of nitrogens with zero attached hydrogens (tertiary/aromatic N) is 3. The fourth-order valence-corrected chi connectivity index (χ4v) is 2.66. The van der Waals surface area contributed by atoms with Gasteiger partial charge in [0.25, 0.3) is 5.69 Å². The van der Waals surface area contributed by atoms with Gasteiger partial charge in [-0.05, 0) is 18.9 Å². The SMILES string of the molecule is CCCc1nn(-c2ccccc2[N+](=O)[O-])c2c1CCN2. The number of fused-ring (bicyclic) bond motifs is 1. The summed E-state index contributed by atoms with van der Waals surface area (Å²) in [6, 6.07) is 6.72. The van der Waals surface area contributed by atoms with Crippen LogP contribution in [0.1, 0.15) is 24.6 Å². The van der Waals surface area contributed by atoms with Gasteiger partial charge in [-0.15, -0.1) is 0 Å². The van der Waals surface area contributed by atoms with Crippen LogP contribution < -0.4 is 5.32 Å². The summed E-state index contributed by atoms with van der Waals surface area (Å²) in [5.74, 6) is 0.905. The van der Waals surface area contributed by atoms with Crippen molar-refractivity contribution in [2.45, 2.75) is 26.2 Å². The Bertz CT molecular complexity index is 663. The van der Waals surface area contributed by atoms with Crippen molar-refractivity contribution in [1.29, 1.82) is 0 Å². The number of rotatable bonds is 4. The van der Waals surface area contributed by atoms with Crippen LogP contribution in [0.25, 0.3) is 5.69 Å². The van der Waals surface area contributed by atoms with Crippen LogP contribution in [0.3, 0.4) is 0 Å². The van der Waals surface area contributed by atoms with E-state index in [4.69, 9.17) is 0 Å². The predicted octanol–water partition coefficient (Wildman–Crippen LogP) is 2.70. The monoisotopic (exact) mass is 272 g/mol. The lowest BCUT2D eigenvalue weighted by molar-refractivity contribution is -0.384. The summed E-state index contributed by atoms with van der Waals surface area (Å²) in [5.41, 5.74) is 2.84. The summed E-state index contributed by atoms with van der Waals surface area (Å²) in [5, 5.41) is 19.0. The molecule has 1 aliphatic heterocycles. The van der Waals surface area contributed by atoms with E-state index in [2.05, 4.69) is 17.3 Å². The molecule has 0 spiro atoms. The minimum Gasteiger partial charge on any atom is -0.369 e. The highest BCUT2D eigenvalue weighted by atomic mass is 16.6. The van der Waals surface area contributed by atoms with Gasteiger partial charge < -0.3 is 5.32 Å². The van der Waals surface area contributed by atoms with Crippen LogP contribution >= 0.6 is 0 Å². The van der Waals surface area contributed by atoms with Gasteiger partial charge in [0.2, 0.25) is 0 Å². The van der Waals surface area contributed by atoms with Gasteiger partial charge in [0, 0.05) is 18.2 Å². The fraction of sp³-hybridized carbons (Fsp3) is 0.357. The molecule has 2 heterocycles. The third kappa shape index (κ3) is 1.93. The lowest BCUT2D eigenvalue weighted by atomic mass is 10.1. The standard InChI is InChI=1S/C14H16N4O2/c1-2-5-11-10-8-9-15-14(10)17(16-11)12-6-3-4-7-13(12)18(19)20/h3-4,6-7,15H,2,5,8-9H2,1H3. The predicted molar refractivity (Wildman–Crippen MR) is 76.4 cm³/mol. The van der Waals surface area contributed by atoms with Gasteiger partial charge in [0.05, 0.1) is 10.6 Å². The second-order valence-corrected chi connectivity index (χ2v) is 4.86. The second-order valence-electron chi connectivity index (χ2n) is 4.86. The first-order valence-electron chi connectivity index (χ1n) is 6.80. The van der Waals surface area contributed by atoms with E-state index in [-0.39, 0.29) is 10.6 Å². The number of nitro benzene ring substituents is 1. The Kier molecular flexibility index (Phi) is 3.14. The number of hydrogen-bond donors (Lipinski definition) is 1. The maximum Gasteiger partial charge on any atom is 0.294 e. The average molecular weight is 272 g/mol. The largest absolute Gasteiger partial charge is 0.369 e. The molecule has 0 fully saturated rings. The minimum atomic E-state index is -0.363. The van der Waals surface area contributed by atoms with E-state index >= 15 is 0 Å². The highest BCUT2D eigenvalue weighted by Gasteiger charge is 2.25. The molecule has 0 amide bonds. The molecule has 0 radical (unpaired) electrons. The first-order valence-corrected chi connectivity index (χ1v) is 6.80. The van der Waals surface area contributed by atoms with Crippen molar-refractivity contribution in [3.8, 4) is 5.69 Å². The Balaban J connectivity index is 2.16. The van der Waals surface area contributed by atoms with Crippen molar-refractivity contribution >= 4 is 11.5 Å². The molecule has 1 N–H and O–H groups in total. The van der Waals surface area contributed by atoms with E-state index in [0.717, 1.165) is 37.3 Å². The molecule has 6 heteroatoms. The van der Waals surface area contributed by atoms with E-state index in [9.17, 15) is 10.1 Å². The zero-order valence-electron chi connectivity index (χ0n) is 11.3. The normalized spacial score (nSPS) is 13.1. The van der Waals surface area contributed by atoms with Gasteiger partial charge in [-0.3, -0.25) is 10.1 Å². The smallest absolute Gasteiger partial charge is 0.294 e. The van der Waals surface area contributed by atoms with Crippen molar-refractivity contribution < 1.29 is 4.92 Å².